The fourth-order valence-corrected chi connectivity index (χ4v) is 3.43. The summed E-state index contributed by atoms with van der Waals surface area (Å²) >= 11 is 0. The van der Waals surface area contributed by atoms with Gasteiger partial charge in [0.15, 0.2) is 0 Å². The third-order valence-corrected chi connectivity index (χ3v) is 4.94. The van der Waals surface area contributed by atoms with Gasteiger partial charge >= 0.3 is 6.09 Å². The first-order chi connectivity index (χ1) is 13.9. The van der Waals surface area contributed by atoms with Crippen LogP contribution in [0.3, 0.4) is 0 Å². The Hall–Kier alpha value is -3.10. The number of anilines is 2. The van der Waals surface area contributed by atoms with Crippen LogP contribution in [0, 0.1) is 5.82 Å². The summed E-state index contributed by atoms with van der Waals surface area (Å²) in [7, 11) is 0. The molecular weight excluding hydrogens is 379 g/mol. The van der Waals surface area contributed by atoms with Crippen molar-refractivity contribution in [2.75, 3.05) is 49.1 Å². The zero-order valence-corrected chi connectivity index (χ0v) is 16.6. The summed E-state index contributed by atoms with van der Waals surface area (Å²) < 4.78 is 20.0. The summed E-state index contributed by atoms with van der Waals surface area (Å²) in [6.45, 7) is 5.75. The number of halogens is 1. The Labute approximate surface area is 168 Å². The molecule has 1 atom stereocenters. The number of nitrogens with one attached hydrogen (secondary N) is 1. The molecule has 3 rings (SSSR count). The molecule has 1 aromatic rings. The molecule has 2 saturated heterocycles. The van der Waals surface area contributed by atoms with E-state index in [2.05, 4.69) is 5.32 Å². The van der Waals surface area contributed by atoms with Gasteiger partial charge in [0, 0.05) is 33.1 Å². The first-order valence-electron chi connectivity index (χ1n) is 9.57. The van der Waals surface area contributed by atoms with Gasteiger partial charge in [0.05, 0.1) is 24.5 Å². The van der Waals surface area contributed by atoms with Gasteiger partial charge in [-0.3, -0.25) is 14.5 Å². The molecule has 1 aromatic carbocycles. The Morgan fingerprint density at radius 3 is 2.62 bits per heavy atom. The SMILES string of the molecule is CC=CC(=O)N1CCN(c2ccc(N3C[C@H](CNC(C)=O)OC3=O)cc2F)CC1. The van der Waals surface area contributed by atoms with Gasteiger partial charge in [-0.2, -0.15) is 0 Å². The van der Waals surface area contributed by atoms with Gasteiger partial charge in [0.2, 0.25) is 11.8 Å². The average molecular weight is 404 g/mol. The quantitative estimate of drug-likeness (QED) is 0.753. The molecule has 3 amide bonds. The van der Waals surface area contributed by atoms with Crippen LogP contribution in [0.25, 0.3) is 0 Å². The number of carbonyl (C=O) groups is 3. The normalized spacial score (nSPS) is 19.6. The number of benzene rings is 1. The molecule has 0 radical (unpaired) electrons. The maximum absolute atomic E-state index is 14.8. The van der Waals surface area contributed by atoms with Gasteiger partial charge in [0.1, 0.15) is 11.9 Å². The Morgan fingerprint density at radius 1 is 1.28 bits per heavy atom. The fraction of sp³-hybridized carbons (Fsp3) is 0.450. The summed E-state index contributed by atoms with van der Waals surface area (Å²) in [5, 5.41) is 2.61. The van der Waals surface area contributed by atoms with Gasteiger partial charge in [-0.25, -0.2) is 9.18 Å². The molecule has 0 aliphatic carbocycles. The van der Waals surface area contributed by atoms with E-state index in [9.17, 15) is 18.8 Å². The lowest BCUT2D eigenvalue weighted by Crippen LogP contribution is -2.48. The van der Waals surface area contributed by atoms with E-state index in [0.29, 0.717) is 37.6 Å². The van der Waals surface area contributed by atoms with Crippen molar-refractivity contribution in [2.45, 2.75) is 20.0 Å². The van der Waals surface area contributed by atoms with Crippen LogP contribution in [-0.2, 0) is 14.3 Å². The minimum absolute atomic E-state index is 0.0377. The summed E-state index contributed by atoms with van der Waals surface area (Å²) in [6, 6.07) is 4.63. The van der Waals surface area contributed by atoms with Crippen molar-refractivity contribution in [3.63, 3.8) is 0 Å². The molecule has 1 N–H and O–H groups in total. The molecule has 0 saturated carbocycles. The molecule has 29 heavy (non-hydrogen) atoms. The lowest BCUT2D eigenvalue weighted by atomic mass is 10.2. The van der Waals surface area contributed by atoms with E-state index in [-0.39, 0.29) is 24.9 Å². The van der Waals surface area contributed by atoms with Crippen molar-refractivity contribution >= 4 is 29.3 Å². The highest BCUT2D eigenvalue weighted by atomic mass is 19.1. The number of amides is 3. The van der Waals surface area contributed by atoms with Crippen LogP contribution < -0.4 is 15.1 Å². The summed E-state index contributed by atoms with van der Waals surface area (Å²) in [5.74, 6) is -0.680. The summed E-state index contributed by atoms with van der Waals surface area (Å²) in [6.07, 6.45) is 2.19. The smallest absolute Gasteiger partial charge is 0.414 e. The Balaban J connectivity index is 1.63. The lowest BCUT2D eigenvalue weighted by molar-refractivity contribution is -0.126. The second-order valence-electron chi connectivity index (χ2n) is 7.00. The van der Waals surface area contributed by atoms with Gasteiger partial charge in [-0.05, 0) is 31.2 Å². The Bertz CT molecular complexity index is 821. The Kier molecular flexibility index (Phi) is 6.36. The van der Waals surface area contributed by atoms with Crippen molar-refractivity contribution in [3.8, 4) is 0 Å². The van der Waals surface area contributed by atoms with E-state index in [0.717, 1.165) is 0 Å². The van der Waals surface area contributed by atoms with E-state index in [4.69, 9.17) is 4.74 Å². The van der Waals surface area contributed by atoms with Crippen molar-refractivity contribution in [1.29, 1.82) is 0 Å². The molecule has 2 aliphatic rings. The number of piperazine rings is 1. The molecule has 8 nitrogen and oxygen atoms in total. The number of ether oxygens (including phenoxy) is 1. The summed E-state index contributed by atoms with van der Waals surface area (Å²) in [4.78, 5) is 40.0. The van der Waals surface area contributed by atoms with Crippen LogP contribution in [0.5, 0.6) is 0 Å². The number of nitrogens with zero attached hydrogens (tertiary/aromatic N) is 3. The highest BCUT2D eigenvalue weighted by Gasteiger charge is 2.33. The van der Waals surface area contributed by atoms with Crippen molar-refractivity contribution in [2.24, 2.45) is 0 Å². The van der Waals surface area contributed by atoms with Gasteiger partial charge in [-0.15, -0.1) is 0 Å². The zero-order valence-electron chi connectivity index (χ0n) is 16.6. The molecule has 2 fully saturated rings. The number of rotatable bonds is 5. The Morgan fingerprint density at radius 2 is 2.00 bits per heavy atom. The van der Waals surface area contributed by atoms with E-state index >= 15 is 0 Å². The van der Waals surface area contributed by atoms with Crippen LogP contribution in [0.4, 0.5) is 20.6 Å². The number of hydrogen-bond donors (Lipinski definition) is 1. The minimum Gasteiger partial charge on any atom is -0.442 e. The molecule has 0 spiro atoms. The fourth-order valence-electron chi connectivity index (χ4n) is 3.43. The first-order valence-corrected chi connectivity index (χ1v) is 9.57. The van der Waals surface area contributed by atoms with Gasteiger partial charge in [-0.1, -0.05) is 6.08 Å². The van der Waals surface area contributed by atoms with Crippen LogP contribution in [-0.4, -0.2) is 68.2 Å². The van der Waals surface area contributed by atoms with Crippen molar-refractivity contribution in [1.82, 2.24) is 10.2 Å². The first kappa shape index (κ1) is 20.6. The minimum atomic E-state index is -0.566. The lowest BCUT2D eigenvalue weighted by Gasteiger charge is -2.36. The largest absolute Gasteiger partial charge is 0.442 e. The van der Waals surface area contributed by atoms with E-state index in [1.54, 1.807) is 30.0 Å². The maximum Gasteiger partial charge on any atom is 0.414 e. The maximum atomic E-state index is 14.8. The second kappa shape index (κ2) is 8.93. The number of hydrogen-bond acceptors (Lipinski definition) is 5. The molecule has 0 aromatic heterocycles. The average Bonchev–Trinajstić information content (AvgIpc) is 3.07. The zero-order chi connectivity index (χ0) is 21.0. The third kappa shape index (κ3) is 4.85. The second-order valence-corrected chi connectivity index (χ2v) is 7.00. The van der Waals surface area contributed by atoms with Gasteiger partial charge in [0.25, 0.3) is 0 Å². The predicted molar refractivity (Wildman–Crippen MR) is 106 cm³/mol. The molecule has 0 unspecified atom stereocenters. The van der Waals surface area contributed by atoms with Crippen LogP contribution in [0.1, 0.15) is 13.8 Å². The molecule has 0 bridgehead atoms. The number of cyclic esters (lactones) is 1. The number of carbonyl (C=O) groups excluding carboxylic acids is 3. The van der Waals surface area contributed by atoms with Crippen LogP contribution in [0.2, 0.25) is 0 Å². The molecular formula is C20H25FN4O4. The van der Waals surface area contributed by atoms with E-state index < -0.39 is 18.0 Å². The van der Waals surface area contributed by atoms with Crippen LogP contribution in [0.15, 0.2) is 30.4 Å². The van der Waals surface area contributed by atoms with Crippen molar-refractivity contribution in [3.05, 3.63) is 36.2 Å². The van der Waals surface area contributed by atoms with Crippen molar-refractivity contribution < 1.29 is 23.5 Å². The molecule has 2 aliphatic heterocycles. The van der Waals surface area contributed by atoms with Gasteiger partial charge < -0.3 is 19.9 Å². The summed E-state index contributed by atoms with van der Waals surface area (Å²) in [5.41, 5.74) is 0.845. The molecule has 2 heterocycles. The standard InChI is InChI=1S/C20H25FN4O4/c1-3-4-19(27)24-9-7-23(8-10-24)18-6-5-15(11-17(18)21)25-13-16(29-20(25)28)12-22-14(2)26/h3-6,11,16H,7-10,12-13H2,1-2H3,(H,22,26)/t16-/m0/s1. The monoisotopic (exact) mass is 404 g/mol. The van der Waals surface area contributed by atoms with E-state index in [1.807, 2.05) is 4.90 Å². The van der Waals surface area contributed by atoms with E-state index in [1.165, 1.54) is 24.0 Å². The molecule has 156 valence electrons. The predicted octanol–water partition coefficient (Wildman–Crippen LogP) is 1.51. The highest BCUT2D eigenvalue weighted by molar-refractivity contribution is 5.90. The molecule has 9 heteroatoms. The third-order valence-electron chi connectivity index (χ3n) is 4.94. The highest BCUT2D eigenvalue weighted by Crippen LogP contribution is 2.28. The topological polar surface area (TPSA) is 82.2 Å². The van der Waals surface area contributed by atoms with Crippen LogP contribution >= 0.6 is 0 Å². The number of allylic oxidation sites excluding steroid dienone is 1.